The third-order valence-electron chi connectivity index (χ3n) is 2.54. The lowest BCUT2D eigenvalue weighted by atomic mass is 10.2. The minimum absolute atomic E-state index is 0.495. The van der Waals surface area contributed by atoms with E-state index in [1.807, 2.05) is 12.1 Å². The van der Waals surface area contributed by atoms with Crippen LogP contribution in [0.25, 0.3) is 21.3 Å². The third kappa shape index (κ3) is 2.83. The molecule has 0 unspecified atom stereocenters. The number of anilines is 1. The number of hydrogen-bond donors (Lipinski definition) is 2. The Hall–Kier alpha value is -2.40. The van der Waals surface area contributed by atoms with Gasteiger partial charge < -0.3 is 10.5 Å². The number of nitrogens with one attached hydrogen (secondary N) is 1. The molecule has 1 aromatic heterocycles. The van der Waals surface area contributed by atoms with E-state index in [9.17, 15) is 0 Å². The van der Waals surface area contributed by atoms with E-state index in [1.165, 1.54) is 0 Å². The number of rotatable bonds is 6. The maximum absolute atomic E-state index is 8.12. The highest BCUT2D eigenvalue weighted by molar-refractivity contribution is 5.84. The summed E-state index contributed by atoms with van der Waals surface area (Å²) in [7, 11) is 0. The van der Waals surface area contributed by atoms with Gasteiger partial charge in [-0.25, -0.2) is 0 Å². The number of unbranched alkanes of at least 4 members (excludes halogenated alkanes) is 1. The highest BCUT2D eigenvalue weighted by atomic mass is 16.5. The summed E-state index contributed by atoms with van der Waals surface area (Å²) >= 11 is 0. The first-order valence-corrected chi connectivity index (χ1v) is 5.67. The molecule has 1 heterocycles. The van der Waals surface area contributed by atoms with E-state index < -0.39 is 0 Å². The van der Waals surface area contributed by atoms with Crippen LogP contribution in [0.3, 0.4) is 0 Å². The summed E-state index contributed by atoms with van der Waals surface area (Å²) < 4.78 is 5.59. The summed E-state index contributed by atoms with van der Waals surface area (Å²) in [6, 6.07) is 3.67. The van der Waals surface area contributed by atoms with Crippen molar-refractivity contribution in [1.82, 2.24) is 10.2 Å². The number of nitrogens with zero attached hydrogens (tertiary/aromatic N) is 4. The van der Waals surface area contributed by atoms with Gasteiger partial charge in [0.05, 0.1) is 24.0 Å². The highest BCUT2D eigenvalue weighted by Gasteiger charge is 2.04. The van der Waals surface area contributed by atoms with Crippen LogP contribution in [0.5, 0.6) is 5.75 Å². The fraction of sp³-hybridized carbons (Fsp3) is 0.364. The number of aromatic nitrogens is 2. The van der Waals surface area contributed by atoms with Gasteiger partial charge in [-0.2, -0.15) is 5.10 Å². The lowest BCUT2D eigenvalue weighted by molar-refractivity contribution is 0.310. The summed E-state index contributed by atoms with van der Waals surface area (Å²) in [6.07, 6.45) is 3.34. The highest BCUT2D eigenvalue weighted by Crippen LogP contribution is 2.26. The predicted molar refractivity (Wildman–Crippen MR) is 69.2 cm³/mol. The molecule has 0 amide bonds. The van der Waals surface area contributed by atoms with Crippen LogP contribution in [0, 0.1) is 0 Å². The SMILES string of the molecule is [N-]=[N+]=NCCCCOc1cc2[nH]ncc2cc1N. The smallest absolute Gasteiger partial charge is 0.144 e. The fourth-order valence-electron chi connectivity index (χ4n) is 1.63. The molecule has 3 N–H and O–H groups in total. The predicted octanol–water partition coefficient (Wildman–Crippen LogP) is 2.61. The van der Waals surface area contributed by atoms with Crippen molar-refractivity contribution in [2.24, 2.45) is 5.11 Å². The van der Waals surface area contributed by atoms with E-state index in [-0.39, 0.29) is 0 Å². The van der Waals surface area contributed by atoms with Gasteiger partial charge in [0.15, 0.2) is 0 Å². The molecule has 0 aliphatic heterocycles. The molecule has 2 aromatic rings. The summed E-state index contributed by atoms with van der Waals surface area (Å²) in [5.74, 6) is 0.649. The molecule has 0 fully saturated rings. The summed E-state index contributed by atoms with van der Waals surface area (Å²) in [5, 5.41) is 11.2. The molecule has 0 radical (unpaired) electrons. The molecule has 0 aliphatic rings. The molecule has 94 valence electrons. The summed E-state index contributed by atoms with van der Waals surface area (Å²) in [4.78, 5) is 2.69. The largest absolute Gasteiger partial charge is 0.491 e. The fourth-order valence-corrected chi connectivity index (χ4v) is 1.63. The molecule has 0 spiro atoms. The molecule has 2 rings (SSSR count). The standard InChI is InChI=1S/C11H14N6O/c12-9-5-8-7-15-16-10(8)6-11(9)18-4-2-1-3-14-17-13/h5-7H,1-4,12H2,(H,15,16). The number of ether oxygens (including phenoxy) is 1. The van der Waals surface area contributed by atoms with Crippen molar-refractivity contribution in [3.05, 3.63) is 28.8 Å². The monoisotopic (exact) mass is 246 g/mol. The minimum atomic E-state index is 0.495. The van der Waals surface area contributed by atoms with Gasteiger partial charge in [-0.05, 0) is 24.4 Å². The number of hydrogen-bond acceptors (Lipinski definition) is 4. The van der Waals surface area contributed by atoms with Crippen molar-refractivity contribution < 1.29 is 4.74 Å². The molecular formula is C11H14N6O. The Bertz CT molecular complexity index is 572. The van der Waals surface area contributed by atoms with Crippen LogP contribution < -0.4 is 10.5 Å². The topological polar surface area (TPSA) is 113 Å². The number of fused-ring (bicyclic) bond motifs is 1. The lowest BCUT2D eigenvalue weighted by Crippen LogP contribution is -2.01. The molecule has 0 atom stereocenters. The van der Waals surface area contributed by atoms with E-state index >= 15 is 0 Å². The Morgan fingerprint density at radius 2 is 2.33 bits per heavy atom. The van der Waals surface area contributed by atoms with Gasteiger partial charge in [-0.1, -0.05) is 5.11 Å². The van der Waals surface area contributed by atoms with Crippen molar-refractivity contribution in [2.45, 2.75) is 12.8 Å². The summed E-state index contributed by atoms with van der Waals surface area (Å²) in [6.45, 7) is 1.04. The van der Waals surface area contributed by atoms with Gasteiger partial charge in [0.1, 0.15) is 5.75 Å². The van der Waals surface area contributed by atoms with Crippen LogP contribution in [0.4, 0.5) is 5.69 Å². The molecule has 7 nitrogen and oxygen atoms in total. The van der Waals surface area contributed by atoms with Gasteiger partial charge in [0, 0.05) is 22.9 Å². The van der Waals surface area contributed by atoms with E-state index in [1.54, 1.807) is 6.20 Å². The van der Waals surface area contributed by atoms with Crippen LogP contribution >= 0.6 is 0 Å². The molecule has 0 saturated heterocycles. The molecule has 7 heteroatoms. The summed E-state index contributed by atoms with van der Waals surface area (Å²) in [5.41, 5.74) is 15.5. The third-order valence-corrected chi connectivity index (χ3v) is 2.54. The maximum atomic E-state index is 8.12. The molecule has 0 bridgehead atoms. The Balaban J connectivity index is 1.90. The van der Waals surface area contributed by atoms with E-state index in [0.717, 1.165) is 23.7 Å². The van der Waals surface area contributed by atoms with Gasteiger partial charge >= 0.3 is 0 Å². The molecular weight excluding hydrogens is 232 g/mol. The Morgan fingerprint density at radius 1 is 1.44 bits per heavy atom. The minimum Gasteiger partial charge on any atom is -0.491 e. The number of aromatic amines is 1. The van der Waals surface area contributed by atoms with Gasteiger partial charge in [-0.15, -0.1) is 0 Å². The Labute approximate surface area is 104 Å². The first-order valence-electron chi connectivity index (χ1n) is 5.67. The van der Waals surface area contributed by atoms with Crippen LogP contribution in [0.1, 0.15) is 12.8 Å². The zero-order valence-electron chi connectivity index (χ0n) is 9.83. The van der Waals surface area contributed by atoms with Crippen molar-refractivity contribution in [2.75, 3.05) is 18.9 Å². The number of benzene rings is 1. The lowest BCUT2D eigenvalue weighted by Gasteiger charge is -2.08. The van der Waals surface area contributed by atoms with Crippen molar-refractivity contribution in [1.29, 1.82) is 0 Å². The van der Waals surface area contributed by atoms with E-state index in [4.69, 9.17) is 16.0 Å². The second-order valence-corrected chi connectivity index (χ2v) is 3.86. The van der Waals surface area contributed by atoms with Crippen molar-refractivity contribution in [3.8, 4) is 5.75 Å². The van der Waals surface area contributed by atoms with Gasteiger partial charge in [-0.3, -0.25) is 5.10 Å². The first-order chi connectivity index (χ1) is 8.81. The zero-order chi connectivity index (χ0) is 12.8. The van der Waals surface area contributed by atoms with Crippen LogP contribution in [-0.2, 0) is 0 Å². The second-order valence-electron chi connectivity index (χ2n) is 3.86. The number of nitrogen functional groups attached to an aromatic ring is 1. The quantitative estimate of drug-likeness (QED) is 0.268. The van der Waals surface area contributed by atoms with Gasteiger partial charge in [0.2, 0.25) is 0 Å². The zero-order valence-corrected chi connectivity index (χ0v) is 9.83. The average Bonchev–Trinajstić information content (AvgIpc) is 2.80. The Morgan fingerprint density at radius 3 is 3.17 bits per heavy atom. The number of H-pyrrole nitrogens is 1. The van der Waals surface area contributed by atoms with E-state index in [2.05, 4.69) is 20.2 Å². The number of azide groups is 1. The number of nitrogens with two attached hydrogens (primary N) is 1. The van der Waals surface area contributed by atoms with Crippen molar-refractivity contribution in [3.63, 3.8) is 0 Å². The average molecular weight is 246 g/mol. The van der Waals surface area contributed by atoms with Crippen LogP contribution in [-0.4, -0.2) is 23.3 Å². The maximum Gasteiger partial charge on any atom is 0.144 e. The Kier molecular flexibility index (Phi) is 3.88. The molecule has 0 saturated carbocycles. The normalized spacial score (nSPS) is 10.2. The molecule has 18 heavy (non-hydrogen) atoms. The molecule has 0 aliphatic carbocycles. The molecule has 1 aromatic carbocycles. The van der Waals surface area contributed by atoms with E-state index in [0.29, 0.717) is 24.6 Å². The van der Waals surface area contributed by atoms with Crippen LogP contribution in [0.2, 0.25) is 0 Å². The van der Waals surface area contributed by atoms with Crippen LogP contribution in [0.15, 0.2) is 23.4 Å². The van der Waals surface area contributed by atoms with Crippen molar-refractivity contribution >= 4 is 16.6 Å². The second kappa shape index (κ2) is 5.79. The first kappa shape index (κ1) is 12.1. The van der Waals surface area contributed by atoms with Gasteiger partial charge in [0.25, 0.3) is 0 Å².